The summed E-state index contributed by atoms with van der Waals surface area (Å²) in [4.78, 5) is 18.7. The Morgan fingerprint density at radius 1 is 1.21 bits per heavy atom. The van der Waals surface area contributed by atoms with Crippen LogP contribution in [0.3, 0.4) is 0 Å². The summed E-state index contributed by atoms with van der Waals surface area (Å²) in [5.74, 6) is 0.717. The van der Waals surface area contributed by atoms with Crippen LogP contribution in [0.1, 0.15) is 48.2 Å². The van der Waals surface area contributed by atoms with Crippen LogP contribution in [0.25, 0.3) is 0 Å². The Labute approximate surface area is 143 Å². The standard InChI is InChI=1S/C19H26N4O/c1-4-18-14(2)21-23(15(18)3)13-19(24)22-11-7-17(8-12-22)16-5-9-20-10-6-16/h5-6,9-10,17H,4,7-8,11-13H2,1-3H3. The van der Waals surface area contributed by atoms with Crippen LogP contribution in [-0.4, -0.2) is 38.7 Å². The van der Waals surface area contributed by atoms with Crippen molar-refractivity contribution in [2.45, 2.75) is 52.5 Å². The third-order valence-electron chi connectivity index (χ3n) is 5.20. The predicted octanol–water partition coefficient (Wildman–Crippen LogP) is 2.86. The summed E-state index contributed by atoms with van der Waals surface area (Å²) in [5.41, 5.74) is 4.76. The lowest BCUT2D eigenvalue weighted by molar-refractivity contribution is -0.133. The summed E-state index contributed by atoms with van der Waals surface area (Å²) in [6, 6.07) is 4.18. The second-order valence-corrected chi connectivity index (χ2v) is 6.60. The van der Waals surface area contributed by atoms with Crippen LogP contribution >= 0.6 is 0 Å². The molecule has 5 nitrogen and oxygen atoms in total. The van der Waals surface area contributed by atoms with E-state index < -0.39 is 0 Å². The zero-order valence-corrected chi connectivity index (χ0v) is 14.8. The van der Waals surface area contributed by atoms with Crippen molar-refractivity contribution < 1.29 is 4.79 Å². The molecule has 0 N–H and O–H groups in total. The molecule has 1 saturated heterocycles. The van der Waals surface area contributed by atoms with Crippen LogP contribution in [0.15, 0.2) is 24.5 Å². The maximum Gasteiger partial charge on any atom is 0.244 e. The molecule has 24 heavy (non-hydrogen) atoms. The van der Waals surface area contributed by atoms with Gasteiger partial charge in [0.25, 0.3) is 0 Å². The first-order valence-corrected chi connectivity index (χ1v) is 8.80. The normalized spacial score (nSPS) is 15.7. The minimum Gasteiger partial charge on any atom is -0.341 e. The minimum absolute atomic E-state index is 0.177. The van der Waals surface area contributed by atoms with Crippen LogP contribution in [-0.2, 0) is 17.8 Å². The van der Waals surface area contributed by atoms with E-state index >= 15 is 0 Å². The molecule has 0 spiro atoms. The van der Waals surface area contributed by atoms with Crippen molar-refractivity contribution in [3.8, 4) is 0 Å². The third kappa shape index (κ3) is 3.35. The topological polar surface area (TPSA) is 51.0 Å². The summed E-state index contributed by atoms with van der Waals surface area (Å²) >= 11 is 0. The number of piperidine rings is 1. The van der Waals surface area contributed by atoms with Gasteiger partial charge in [0.05, 0.1) is 5.69 Å². The Kier molecular flexibility index (Phi) is 4.97. The highest BCUT2D eigenvalue weighted by atomic mass is 16.2. The van der Waals surface area contributed by atoms with E-state index in [1.54, 1.807) is 0 Å². The average molecular weight is 326 g/mol. The van der Waals surface area contributed by atoms with Gasteiger partial charge in [0.15, 0.2) is 0 Å². The van der Waals surface area contributed by atoms with Gasteiger partial charge in [-0.2, -0.15) is 5.10 Å². The van der Waals surface area contributed by atoms with Crippen LogP contribution in [0.4, 0.5) is 0 Å². The van der Waals surface area contributed by atoms with Crippen molar-refractivity contribution >= 4 is 5.91 Å². The molecule has 0 radical (unpaired) electrons. The molecule has 2 aromatic heterocycles. The first kappa shape index (κ1) is 16.7. The molecule has 0 saturated carbocycles. The zero-order valence-electron chi connectivity index (χ0n) is 14.8. The molecule has 0 atom stereocenters. The number of carbonyl (C=O) groups excluding carboxylic acids is 1. The maximum absolute atomic E-state index is 12.6. The van der Waals surface area contributed by atoms with Crippen LogP contribution in [0.2, 0.25) is 0 Å². The van der Waals surface area contributed by atoms with Crippen molar-refractivity contribution in [3.63, 3.8) is 0 Å². The Hall–Kier alpha value is -2.17. The molecule has 0 aromatic carbocycles. The fourth-order valence-corrected chi connectivity index (χ4v) is 3.73. The Morgan fingerprint density at radius 2 is 1.88 bits per heavy atom. The molecule has 1 amide bonds. The molecular weight excluding hydrogens is 300 g/mol. The lowest BCUT2D eigenvalue weighted by atomic mass is 9.90. The van der Waals surface area contributed by atoms with Gasteiger partial charge in [-0.15, -0.1) is 0 Å². The van der Waals surface area contributed by atoms with Crippen molar-refractivity contribution in [2.24, 2.45) is 0 Å². The number of nitrogens with zero attached hydrogens (tertiary/aromatic N) is 4. The smallest absolute Gasteiger partial charge is 0.244 e. The van der Waals surface area contributed by atoms with Gasteiger partial charge in [-0.1, -0.05) is 6.92 Å². The Balaban J connectivity index is 1.60. The van der Waals surface area contributed by atoms with Gasteiger partial charge in [0.2, 0.25) is 5.91 Å². The number of aryl methyl sites for hydroxylation is 1. The lowest BCUT2D eigenvalue weighted by Crippen LogP contribution is -2.40. The molecule has 2 aromatic rings. The van der Waals surface area contributed by atoms with Gasteiger partial charge in [-0.25, -0.2) is 0 Å². The zero-order chi connectivity index (χ0) is 17.1. The number of likely N-dealkylation sites (tertiary alicyclic amines) is 1. The molecule has 1 aliphatic heterocycles. The maximum atomic E-state index is 12.6. The minimum atomic E-state index is 0.177. The number of rotatable bonds is 4. The van der Waals surface area contributed by atoms with Crippen LogP contribution < -0.4 is 0 Å². The molecule has 3 heterocycles. The number of amides is 1. The molecule has 0 unspecified atom stereocenters. The second kappa shape index (κ2) is 7.16. The highest BCUT2D eigenvalue weighted by Crippen LogP contribution is 2.27. The van der Waals surface area contributed by atoms with Crippen LogP contribution in [0.5, 0.6) is 0 Å². The van der Waals surface area contributed by atoms with E-state index in [0.29, 0.717) is 12.5 Å². The Bertz CT molecular complexity index is 700. The van der Waals surface area contributed by atoms with Gasteiger partial charge >= 0.3 is 0 Å². The number of aromatic nitrogens is 3. The molecule has 128 valence electrons. The van der Waals surface area contributed by atoms with E-state index in [0.717, 1.165) is 43.7 Å². The van der Waals surface area contributed by atoms with Gasteiger partial charge in [0, 0.05) is 31.2 Å². The van der Waals surface area contributed by atoms with E-state index in [4.69, 9.17) is 0 Å². The summed E-state index contributed by atoms with van der Waals surface area (Å²) in [6.07, 6.45) is 6.70. The molecule has 1 fully saturated rings. The van der Waals surface area contributed by atoms with Crippen molar-refractivity contribution in [2.75, 3.05) is 13.1 Å². The van der Waals surface area contributed by atoms with Crippen molar-refractivity contribution in [3.05, 3.63) is 47.0 Å². The van der Waals surface area contributed by atoms with E-state index in [-0.39, 0.29) is 5.91 Å². The van der Waals surface area contributed by atoms with Gasteiger partial charge in [0.1, 0.15) is 6.54 Å². The van der Waals surface area contributed by atoms with Crippen molar-refractivity contribution in [1.29, 1.82) is 0 Å². The number of hydrogen-bond donors (Lipinski definition) is 0. The highest BCUT2D eigenvalue weighted by molar-refractivity contribution is 5.76. The van der Waals surface area contributed by atoms with E-state index in [2.05, 4.69) is 36.1 Å². The Morgan fingerprint density at radius 3 is 2.46 bits per heavy atom. The lowest BCUT2D eigenvalue weighted by Gasteiger charge is -2.32. The molecule has 0 aliphatic carbocycles. The van der Waals surface area contributed by atoms with Crippen molar-refractivity contribution in [1.82, 2.24) is 19.7 Å². The largest absolute Gasteiger partial charge is 0.341 e. The quantitative estimate of drug-likeness (QED) is 0.868. The molecular formula is C19H26N4O. The molecule has 0 bridgehead atoms. The van der Waals surface area contributed by atoms with E-state index in [9.17, 15) is 4.79 Å². The average Bonchev–Trinajstić information content (AvgIpc) is 2.88. The first-order valence-electron chi connectivity index (χ1n) is 8.80. The summed E-state index contributed by atoms with van der Waals surface area (Å²) in [7, 11) is 0. The van der Waals surface area contributed by atoms with Gasteiger partial charge in [-0.3, -0.25) is 14.5 Å². The fourth-order valence-electron chi connectivity index (χ4n) is 3.73. The monoisotopic (exact) mass is 326 g/mol. The number of carbonyl (C=O) groups is 1. The number of pyridine rings is 1. The fraction of sp³-hybridized carbons (Fsp3) is 0.526. The molecule has 3 rings (SSSR count). The summed E-state index contributed by atoms with van der Waals surface area (Å²) in [5, 5.41) is 4.54. The third-order valence-corrected chi connectivity index (χ3v) is 5.20. The summed E-state index contributed by atoms with van der Waals surface area (Å²) in [6.45, 7) is 8.21. The summed E-state index contributed by atoms with van der Waals surface area (Å²) < 4.78 is 1.87. The number of hydrogen-bond acceptors (Lipinski definition) is 3. The molecule has 1 aliphatic rings. The van der Waals surface area contributed by atoms with Crippen LogP contribution in [0, 0.1) is 13.8 Å². The van der Waals surface area contributed by atoms with Gasteiger partial charge in [-0.05, 0) is 62.3 Å². The predicted molar refractivity (Wildman–Crippen MR) is 93.9 cm³/mol. The molecule has 5 heteroatoms. The van der Waals surface area contributed by atoms with E-state index in [1.165, 1.54) is 11.1 Å². The van der Waals surface area contributed by atoms with Gasteiger partial charge < -0.3 is 4.90 Å². The second-order valence-electron chi connectivity index (χ2n) is 6.60. The highest BCUT2D eigenvalue weighted by Gasteiger charge is 2.24. The van der Waals surface area contributed by atoms with E-state index in [1.807, 2.05) is 28.9 Å². The first-order chi connectivity index (χ1) is 11.6. The SMILES string of the molecule is CCc1c(C)nn(CC(=O)N2CCC(c3ccncc3)CC2)c1C.